The Balaban J connectivity index is 1.92. The number of carbonyl (C=O) groups is 1. The number of nitrogens with one attached hydrogen (secondary N) is 1. The highest BCUT2D eigenvalue weighted by molar-refractivity contribution is 6.31. The van der Waals surface area contributed by atoms with Gasteiger partial charge in [-0.15, -0.1) is 0 Å². The Bertz CT molecular complexity index is 1200. The summed E-state index contributed by atoms with van der Waals surface area (Å²) in [5.74, 6) is -11.5. The van der Waals surface area contributed by atoms with Crippen LogP contribution in [0.4, 0.5) is 22.0 Å². The molecule has 164 valence electrons. The van der Waals surface area contributed by atoms with Gasteiger partial charge in [0.15, 0.2) is 23.3 Å². The molecule has 1 aromatic heterocycles. The first-order valence-electron chi connectivity index (χ1n) is 9.10. The molecule has 1 heterocycles. The van der Waals surface area contributed by atoms with Crippen molar-refractivity contribution in [2.45, 2.75) is 26.3 Å². The van der Waals surface area contributed by atoms with Gasteiger partial charge < -0.3 is 9.88 Å². The summed E-state index contributed by atoms with van der Waals surface area (Å²) in [5, 5.41) is 0.604. The molecule has 0 radical (unpaired) electrons. The van der Waals surface area contributed by atoms with E-state index < -0.39 is 52.5 Å². The van der Waals surface area contributed by atoms with Crippen LogP contribution in [0.15, 0.2) is 23.0 Å². The van der Waals surface area contributed by atoms with E-state index in [-0.39, 0.29) is 29.8 Å². The zero-order valence-electron chi connectivity index (χ0n) is 16.0. The summed E-state index contributed by atoms with van der Waals surface area (Å²) in [7, 11) is 0. The number of rotatable bonds is 6. The van der Waals surface area contributed by atoms with Crippen molar-refractivity contribution in [1.82, 2.24) is 14.9 Å². The minimum atomic E-state index is -2.30. The van der Waals surface area contributed by atoms with Gasteiger partial charge >= 0.3 is 0 Å². The molecule has 0 aliphatic rings. The number of H-pyrrole nitrogens is 1. The van der Waals surface area contributed by atoms with Gasteiger partial charge in [0.25, 0.3) is 5.56 Å². The van der Waals surface area contributed by atoms with Crippen molar-refractivity contribution in [3.63, 3.8) is 0 Å². The lowest BCUT2D eigenvalue weighted by Gasteiger charge is -2.22. The van der Waals surface area contributed by atoms with Gasteiger partial charge in [-0.2, -0.15) is 0 Å². The number of nitrogens with zero attached hydrogens (tertiary/aromatic N) is 2. The van der Waals surface area contributed by atoms with E-state index in [2.05, 4.69) is 9.97 Å². The number of hydrogen-bond acceptors (Lipinski definition) is 3. The topological polar surface area (TPSA) is 66.1 Å². The highest BCUT2D eigenvalue weighted by Crippen LogP contribution is 2.24. The van der Waals surface area contributed by atoms with Crippen molar-refractivity contribution in [2.75, 3.05) is 6.54 Å². The third-order valence-electron chi connectivity index (χ3n) is 4.53. The van der Waals surface area contributed by atoms with Crippen LogP contribution in [0.5, 0.6) is 0 Å². The van der Waals surface area contributed by atoms with Crippen molar-refractivity contribution in [1.29, 1.82) is 0 Å². The van der Waals surface area contributed by atoms with E-state index in [4.69, 9.17) is 11.6 Å². The Hall–Kier alpha value is -3.01. The van der Waals surface area contributed by atoms with Crippen LogP contribution in [0.2, 0.25) is 5.02 Å². The molecule has 0 saturated heterocycles. The molecule has 11 heteroatoms. The van der Waals surface area contributed by atoms with Crippen LogP contribution in [-0.2, 0) is 17.8 Å². The second-order valence-corrected chi connectivity index (χ2v) is 7.15. The molecule has 1 amide bonds. The summed E-state index contributed by atoms with van der Waals surface area (Å²) in [6.45, 7) is 1.56. The Kier molecular flexibility index (Phi) is 6.59. The lowest BCUT2D eigenvalue weighted by Crippen LogP contribution is -2.34. The van der Waals surface area contributed by atoms with Crippen molar-refractivity contribution in [3.8, 4) is 0 Å². The van der Waals surface area contributed by atoms with Gasteiger partial charge in [-0.05, 0) is 24.6 Å². The SMILES string of the molecule is CCCN(Cc1nc2cc(Cl)ccc2c(=O)[nH]1)C(=O)Cc1c(F)c(F)c(F)c(F)c1F. The molecule has 0 saturated carbocycles. The molecule has 1 N–H and O–H groups in total. The number of halogens is 6. The molecule has 0 bridgehead atoms. The van der Waals surface area contributed by atoms with Crippen molar-refractivity contribution in [3.05, 3.63) is 74.0 Å². The number of hydrogen-bond donors (Lipinski definition) is 1. The number of fused-ring (bicyclic) bond motifs is 1. The van der Waals surface area contributed by atoms with Crippen LogP contribution < -0.4 is 5.56 Å². The monoisotopic (exact) mass is 459 g/mol. The van der Waals surface area contributed by atoms with E-state index in [0.717, 1.165) is 4.90 Å². The fourth-order valence-electron chi connectivity index (χ4n) is 3.05. The molecule has 0 aliphatic heterocycles. The summed E-state index contributed by atoms with van der Waals surface area (Å²) < 4.78 is 68.0. The van der Waals surface area contributed by atoms with Crippen molar-refractivity contribution in [2.24, 2.45) is 0 Å². The highest BCUT2D eigenvalue weighted by Gasteiger charge is 2.28. The molecule has 0 atom stereocenters. The minimum absolute atomic E-state index is 0.0685. The lowest BCUT2D eigenvalue weighted by atomic mass is 10.1. The number of aromatic nitrogens is 2. The van der Waals surface area contributed by atoms with Crippen LogP contribution in [0.3, 0.4) is 0 Å². The van der Waals surface area contributed by atoms with Crippen molar-refractivity contribution < 1.29 is 26.7 Å². The predicted octanol–water partition coefficient (Wildman–Crippen LogP) is 4.25. The van der Waals surface area contributed by atoms with Gasteiger partial charge in [0.05, 0.1) is 23.9 Å². The second-order valence-electron chi connectivity index (χ2n) is 6.71. The summed E-state index contributed by atoms with van der Waals surface area (Å²) in [6, 6.07) is 4.44. The molecular formula is C20H15ClF5N3O2. The molecular weight excluding hydrogens is 445 g/mol. The quantitative estimate of drug-likeness (QED) is 0.340. The van der Waals surface area contributed by atoms with Gasteiger partial charge in [-0.3, -0.25) is 9.59 Å². The molecule has 31 heavy (non-hydrogen) atoms. The van der Waals surface area contributed by atoms with Gasteiger partial charge in [0.2, 0.25) is 11.7 Å². The standard InChI is InChI=1S/C20H15ClF5N3O2/c1-2-5-29(8-13-27-12-6-9(21)3-4-10(12)20(31)28-13)14(30)7-11-15(22)17(24)19(26)18(25)16(11)23/h3-4,6H,2,5,7-8H2,1H3,(H,27,28,31). The first-order chi connectivity index (χ1) is 14.6. The normalized spacial score (nSPS) is 11.2. The van der Waals surface area contributed by atoms with Gasteiger partial charge in [-0.1, -0.05) is 18.5 Å². The van der Waals surface area contributed by atoms with Crippen molar-refractivity contribution >= 4 is 28.4 Å². The van der Waals surface area contributed by atoms with Crippen LogP contribution in [-0.4, -0.2) is 27.3 Å². The van der Waals surface area contributed by atoms with Crippen LogP contribution >= 0.6 is 11.6 Å². The van der Waals surface area contributed by atoms with E-state index >= 15 is 0 Å². The Morgan fingerprint density at radius 2 is 1.68 bits per heavy atom. The number of benzene rings is 2. The van der Waals surface area contributed by atoms with Gasteiger partial charge in [0.1, 0.15) is 5.82 Å². The van der Waals surface area contributed by atoms with E-state index in [9.17, 15) is 31.5 Å². The van der Waals surface area contributed by atoms with Gasteiger partial charge in [0, 0.05) is 17.1 Å². The van der Waals surface area contributed by atoms with E-state index in [0.29, 0.717) is 11.4 Å². The smallest absolute Gasteiger partial charge is 0.258 e. The largest absolute Gasteiger partial charge is 0.335 e. The summed E-state index contributed by atoms with van der Waals surface area (Å²) in [5.41, 5.74) is -1.44. The molecule has 0 aliphatic carbocycles. The molecule has 5 nitrogen and oxygen atoms in total. The van der Waals surface area contributed by atoms with Crippen LogP contribution in [0.25, 0.3) is 10.9 Å². The summed E-state index contributed by atoms with van der Waals surface area (Å²) in [4.78, 5) is 32.7. The third-order valence-corrected chi connectivity index (χ3v) is 4.77. The molecule has 3 aromatic rings. The summed E-state index contributed by atoms with van der Waals surface area (Å²) in [6.07, 6.45) is -0.637. The molecule has 0 fully saturated rings. The third kappa shape index (κ3) is 4.53. The Morgan fingerprint density at radius 3 is 2.29 bits per heavy atom. The zero-order chi connectivity index (χ0) is 22.9. The maximum Gasteiger partial charge on any atom is 0.258 e. The highest BCUT2D eigenvalue weighted by atomic mass is 35.5. The number of amides is 1. The lowest BCUT2D eigenvalue weighted by molar-refractivity contribution is -0.131. The average Bonchev–Trinajstić information content (AvgIpc) is 2.73. The number of aromatic amines is 1. The van der Waals surface area contributed by atoms with Gasteiger partial charge in [-0.25, -0.2) is 26.9 Å². The fourth-order valence-corrected chi connectivity index (χ4v) is 3.21. The van der Waals surface area contributed by atoms with Crippen LogP contribution in [0, 0.1) is 29.1 Å². The predicted molar refractivity (Wildman–Crippen MR) is 103 cm³/mol. The van der Waals surface area contributed by atoms with E-state index in [1.54, 1.807) is 6.92 Å². The molecule has 0 spiro atoms. The Morgan fingerprint density at radius 1 is 1.06 bits per heavy atom. The Labute approximate surface area is 177 Å². The maximum absolute atomic E-state index is 13.9. The van der Waals surface area contributed by atoms with E-state index in [1.165, 1.54) is 18.2 Å². The van der Waals surface area contributed by atoms with Crippen LogP contribution in [0.1, 0.15) is 24.7 Å². The molecule has 3 rings (SSSR count). The minimum Gasteiger partial charge on any atom is -0.335 e. The maximum atomic E-state index is 13.9. The second kappa shape index (κ2) is 9.01. The first kappa shape index (κ1) is 22.7. The fraction of sp³-hybridized carbons (Fsp3) is 0.250. The first-order valence-corrected chi connectivity index (χ1v) is 9.48. The zero-order valence-corrected chi connectivity index (χ0v) is 16.8. The summed E-state index contributed by atoms with van der Waals surface area (Å²) >= 11 is 5.91. The molecule has 2 aromatic carbocycles. The molecule has 0 unspecified atom stereocenters. The van der Waals surface area contributed by atoms with E-state index in [1.807, 2.05) is 0 Å². The average molecular weight is 460 g/mol. The number of carbonyl (C=O) groups excluding carboxylic acids is 1.